The Bertz CT molecular complexity index is 2210. The average molecular weight is 535 g/mol. The first-order valence-electron chi connectivity index (χ1n) is 14.1. The molecule has 184 valence electrons. The molecule has 7 aromatic carbocycles. The van der Waals surface area contributed by atoms with Crippen LogP contribution in [0, 0.1) is 0 Å². The van der Waals surface area contributed by atoms with Crippen molar-refractivity contribution in [3.05, 3.63) is 97.1 Å². The normalized spacial score (nSPS) is 11.5. The molecule has 0 aliphatic heterocycles. The van der Waals surface area contributed by atoms with Crippen LogP contribution < -0.4 is 43.7 Å². The van der Waals surface area contributed by atoms with E-state index in [4.69, 9.17) is 62.8 Å². The van der Waals surface area contributed by atoms with Gasteiger partial charge in [0.15, 0.2) is 0 Å². The Balaban J connectivity index is 1.80. The molecule has 0 spiro atoms. The minimum atomic E-state index is 0.190. The third-order valence-electron chi connectivity index (χ3n) is 8.66. The number of fused-ring (bicyclic) bond motifs is 3. The van der Waals surface area contributed by atoms with Crippen LogP contribution >= 0.6 is 0 Å². The SMILES string of the molecule is [B]c1c([B])c([B])c2c(-c3ccc(-c4ccccc4)c4ccccc34)c3c([B])c([B])c([B])c([B])c3c(-c3ccccc3)c2c1[B]. The van der Waals surface area contributed by atoms with Crippen LogP contribution in [0.4, 0.5) is 0 Å². The molecule has 0 saturated heterocycles. The van der Waals surface area contributed by atoms with E-state index in [9.17, 15) is 0 Å². The number of hydrogen-bond acceptors (Lipinski definition) is 0. The average Bonchev–Trinajstić information content (AvgIpc) is 3.07. The Morgan fingerprint density at radius 1 is 0.273 bits per heavy atom. The van der Waals surface area contributed by atoms with E-state index >= 15 is 0 Å². The predicted octanol–water partition coefficient (Wildman–Crippen LogP) is 0.498. The summed E-state index contributed by atoms with van der Waals surface area (Å²) in [7, 11) is 53.5. The van der Waals surface area contributed by atoms with Crippen LogP contribution in [0.5, 0.6) is 0 Å². The minimum Gasteiger partial charge on any atom is -0.110 e. The van der Waals surface area contributed by atoms with Gasteiger partial charge in [-0.1, -0.05) is 119 Å². The monoisotopic (exact) mass is 536 g/mol. The molecule has 7 aromatic rings. The van der Waals surface area contributed by atoms with Gasteiger partial charge >= 0.3 is 0 Å². The van der Waals surface area contributed by atoms with E-state index in [-0.39, 0.29) is 43.7 Å². The summed E-state index contributed by atoms with van der Waals surface area (Å²) in [5, 5.41) is 4.42. The molecule has 16 radical (unpaired) electrons. The predicted molar refractivity (Wildman–Crippen MR) is 198 cm³/mol. The van der Waals surface area contributed by atoms with Gasteiger partial charge in [-0.2, -0.15) is 0 Å². The Kier molecular flexibility index (Phi) is 7.00. The summed E-state index contributed by atoms with van der Waals surface area (Å²) in [5.41, 5.74) is 7.11. The maximum absolute atomic E-state index is 6.90. The van der Waals surface area contributed by atoms with Crippen LogP contribution in [0.1, 0.15) is 0 Å². The molecule has 0 N–H and O–H groups in total. The molecule has 0 aliphatic carbocycles. The molecule has 0 atom stereocenters. The Morgan fingerprint density at radius 3 is 1.07 bits per heavy atom. The Labute approximate surface area is 268 Å². The van der Waals surface area contributed by atoms with Crippen molar-refractivity contribution < 1.29 is 0 Å². The first-order valence-corrected chi connectivity index (χ1v) is 14.1. The van der Waals surface area contributed by atoms with E-state index in [1.165, 1.54) is 0 Å². The zero-order valence-electron chi connectivity index (χ0n) is 23.9. The van der Waals surface area contributed by atoms with Crippen molar-refractivity contribution in [2.45, 2.75) is 0 Å². The van der Waals surface area contributed by atoms with E-state index in [1.807, 2.05) is 60.7 Å². The lowest BCUT2D eigenvalue weighted by atomic mass is 9.59. The smallest absolute Gasteiger partial charge is 0.110 e. The standard InChI is InChI=1S/C36H16B8/c37-29-25-23(18-11-5-2-6-12-18)26-28(32(40)36(44)34(42)30(26)38)24(27(25)31(39)35(43)33(29)41)22-16-15-19(17-9-3-1-4-10-17)20-13-7-8-14-21(20)22/h1-16H. The van der Waals surface area contributed by atoms with Crippen LogP contribution in [0.3, 0.4) is 0 Å². The largest absolute Gasteiger partial charge is 0.113 e. The number of hydrogen-bond donors (Lipinski definition) is 0. The van der Waals surface area contributed by atoms with E-state index in [1.54, 1.807) is 0 Å². The second-order valence-corrected chi connectivity index (χ2v) is 11.0. The topological polar surface area (TPSA) is 0 Å². The summed E-state index contributed by atoms with van der Waals surface area (Å²) < 4.78 is 0. The van der Waals surface area contributed by atoms with Crippen LogP contribution in [0.25, 0.3) is 65.7 Å². The molecule has 0 bridgehead atoms. The van der Waals surface area contributed by atoms with E-state index in [0.717, 1.165) is 33.0 Å². The molecule has 44 heavy (non-hydrogen) atoms. The maximum Gasteiger partial charge on any atom is 0.113 e. The maximum atomic E-state index is 6.90. The van der Waals surface area contributed by atoms with Gasteiger partial charge in [0.1, 0.15) is 62.8 Å². The summed E-state index contributed by atoms with van der Waals surface area (Å²) in [6, 6.07) is 32.3. The van der Waals surface area contributed by atoms with Crippen LogP contribution in [0.2, 0.25) is 0 Å². The van der Waals surface area contributed by atoms with Gasteiger partial charge in [-0.15, -0.1) is 21.9 Å². The highest BCUT2D eigenvalue weighted by Crippen LogP contribution is 2.44. The lowest BCUT2D eigenvalue weighted by Gasteiger charge is -2.29. The van der Waals surface area contributed by atoms with Crippen LogP contribution in [-0.4, -0.2) is 62.8 Å². The van der Waals surface area contributed by atoms with Gasteiger partial charge in [0.05, 0.1) is 0 Å². The zero-order valence-corrected chi connectivity index (χ0v) is 23.9. The third kappa shape index (κ3) is 4.11. The van der Waals surface area contributed by atoms with Gasteiger partial charge in [0.2, 0.25) is 0 Å². The van der Waals surface area contributed by atoms with Crippen molar-refractivity contribution >= 4 is 139 Å². The van der Waals surface area contributed by atoms with Gasteiger partial charge in [-0.05, 0) is 65.7 Å². The molecular formula is C36H16B8. The fourth-order valence-electron chi connectivity index (χ4n) is 6.50. The van der Waals surface area contributed by atoms with E-state index < -0.39 is 0 Å². The molecule has 8 heteroatoms. The molecule has 7 rings (SSSR count). The molecule has 0 heterocycles. The molecule has 0 aliphatic rings. The molecular weight excluding hydrogens is 519 g/mol. The second kappa shape index (κ2) is 10.8. The summed E-state index contributed by atoms with van der Waals surface area (Å²) in [6.07, 6.45) is 0. The van der Waals surface area contributed by atoms with Crippen molar-refractivity contribution in [1.29, 1.82) is 0 Å². The highest BCUT2D eigenvalue weighted by atomic mass is 14.3. The summed E-state index contributed by atoms with van der Waals surface area (Å²) in [6.45, 7) is 0. The van der Waals surface area contributed by atoms with Crippen LogP contribution in [0.15, 0.2) is 97.1 Å². The Morgan fingerprint density at radius 2 is 0.614 bits per heavy atom. The highest BCUT2D eigenvalue weighted by molar-refractivity contribution is 6.71. The summed E-state index contributed by atoms with van der Waals surface area (Å²) in [4.78, 5) is 0. The Hall–Kier alpha value is -4.16. The minimum absolute atomic E-state index is 0.190. The van der Waals surface area contributed by atoms with Crippen molar-refractivity contribution in [2.24, 2.45) is 0 Å². The van der Waals surface area contributed by atoms with Crippen molar-refractivity contribution in [3.8, 4) is 33.4 Å². The molecule has 0 nitrogen and oxygen atoms in total. The van der Waals surface area contributed by atoms with Crippen molar-refractivity contribution in [3.63, 3.8) is 0 Å². The van der Waals surface area contributed by atoms with Gasteiger partial charge in [-0.3, -0.25) is 0 Å². The van der Waals surface area contributed by atoms with Crippen molar-refractivity contribution in [1.82, 2.24) is 0 Å². The number of benzene rings is 7. The van der Waals surface area contributed by atoms with Gasteiger partial charge in [-0.25, -0.2) is 0 Å². The number of rotatable bonds is 3. The quantitative estimate of drug-likeness (QED) is 0.229. The van der Waals surface area contributed by atoms with Crippen molar-refractivity contribution in [2.75, 3.05) is 0 Å². The molecule has 0 saturated carbocycles. The first-order chi connectivity index (χ1) is 21.2. The molecule has 0 fully saturated rings. The lowest BCUT2D eigenvalue weighted by Crippen LogP contribution is -2.50. The summed E-state index contributed by atoms with van der Waals surface area (Å²) >= 11 is 0. The highest BCUT2D eigenvalue weighted by Gasteiger charge is 2.25. The van der Waals surface area contributed by atoms with Gasteiger partial charge < -0.3 is 0 Å². The third-order valence-corrected chi connectivity index (χ3v) is 8.66. The first kappa shape index (κ1) is 28.6. The van der Waals surface area contributed by atoms with Crippen LogP contribution in [-0.2, 0) is 0 Å². The fourth-order valence-corrected chi connectivity index (χ4v) is 6.50. The summed E-state index contributed by atoms with van der Waals surface area (Å²) in [5.74, 6) is 0. The van der Waals surface area contributed by atoms with E-state index in [0.29, 0.717) is 32.7 Å². The van der Waals surface area contributed by atoms with E-state index in [2.05, 4.69) is 36.4 Å². The van der Waals surface area contributed by atoms with Gasteiger partial charge in [0.25, 0.3) is 0 Å². The fraction of sp³-hybridized carbons (Fsp3) is 0. The zero-order chi connectivity index (χ0) is 30.9. The lowest BCUT2D eigenvalue weighted by molar-refractivity contribution is 1.65. The second-order valence-electron chi connectivity index (χ2n) is 11.0. The molecule has 0 aromatic heterocycles. The van der Waals surface area contributed by atoms with Gasteiger partial charge in [0, 0.05) is 0 Å². The molecule has 0 unspecified atom stereocenters. The molecule has 0 amide bonds.